The fraction of sp³-hybridized carbons (Fsp3) is 0.517. The zero-order valence-electron chi connectivity index (χ0n) is 45.1. The van der Waals surface area contributed by atoms with Gasteiger partial charge in [0.05, 0.1) is 64.9 Å². The number of ether oxygens (including phenoxy) is 3. The Balaban J connectivity index is 0.000000170. The number of methoxy groups -OCH3 is 1. The first-order chi connectivity index (χ1) is 38.4. The van der Waals surface area contributed by atoms with Crippen LogP contribution in [0.5, 0.6) is 6.01 Å². The van der Waals surface area contributed by atoms with E-state index in [1.807, 2.05) is 12.1 Å². The third-order valence-electron chi connectivity index (χ3n) is 17.8. The zero-order chi connectivity index (χ0) is 55.0. The van der Waals surface area contributed by atoms with Crippen LogP contribution in [0.4, 0.5) is 35.2 Å². The molecule has 0 saturated carbocycles. The standard InChI is InChI=1S/C34H33F2N5O2.C26H36FN5O4/c1-2-23-25(35)11-9-21-7-3-8-24(27(21)23)30-29(36)31-28-26(37-30)12-10-22-19-42-18-6-17-41(22)32(28)39-33(38-31)43-20-34-13-4-15-40(34)16-5-14-34;1-29-24-18(23(28)19-4-6-21(33)30-25(19)34)3-5-20(22(24)27)31-11-7-16(8-12-31)15-17-9-13-32(14-10-17)26(35)36-2/h1,3,7-9,11,22H,4-6,10,12-20H2;3,5,16-17,19,28-29H,4,6-15H2,1-2H3,(H,30,33,34). The lowest BCUT2D eigenvalue weighted by atomic mass is 9.82. The third-order valence-corrected chi connectivity index (χ3v) is 17.8. The smallest absolute Gasteiger partial charge is 0.409 e. The molecule has 6 fully saturated rings. The second-order valence-corrected chi connectivity index (χ2v) is 22.3. The fourth-order valence-electron chi connectivity index (χ4n) is 13.6. The molecule has 19 heteroatoms. The van der Waals surface area contributed by atoms with E-state index in [-0.39, 0.29) is 70.6 Å². The highest BCUT2D eigenvalue weighted by Crippen LogP contribution is 2.43. The first kappa shape index (κ1) is 53.9. The molecule has 0 aliphatic carbocycles. The van der Waals surface area contributed by atoms with Crippen molar-refractivity contribution in [2.24, 2.45) is 17.8 Å². The summed E-state index contributed by atoms with van der Waals surface area (Å²) >= 11 is 0. The summed E-state index contributed by atoms with van der Waals surface area (Å²) < 4.78 is 64.5. The summed E-state index contributed by atoms with van der Waals surface area (Å²) in [5.74, 6) is 1.19. The van der Waals surface area contributed by atoms with Crippen molar-refractivity contribution in [3.8, 4) is 29.6 Å². The summed E-state index contributed by atoms with van der Waals surface area (Å²) in [4.78, 5) is 58.6. The number of nitrogens with zero attached hydrogens (tertiary/aromatic N) is 7. The Morgan fingerprint density at radius 2 is 1.65 bits per heavy atom. The van der Waals surface area contributed by atoms with Gasteiger partial charge in [-0.2, -0.15) is 9.97 Å². The van der Waals surface area contributed by atoms with Gasteiger partial charge in [-0.25, -0.2) is 22.9 Å². The number of pyridine rings is 1. The SMILES string of the molecule is C#Cc1c(F)ccc2cccc(-c3nc4c5c(nc(OCC67CCCN6CCC7)nc5c3F)N3CCCOCC3CC4)c12.CNc1c(C(=N)C2CCC(=O)NC2=O)ccc(N2CCC(CC3CCN(C(=O)OC)CC3)CC2)c1F. The lowest BCUT2D eigenvalue weighted by Crippen LogP contribution is -2.44. The van der Waals surface area contributed by atoms with Gasteiger partial charge in [0.1, 0.15) is 29.5 Å². The Bertz CT molecular complexity index is 3220. The summed E-state index contributed by atoms with van der Waals surface area (Å²) in [5, 5.41) is 15.5. The van der Waals surface area contributed by atoms with Gasteiger partial charge in [0.25, 0.3) is 0 Å². The number of hydrogen-bond acceptors (Lipinski definition) is 14. The minimum Gasteiger partial charge on any atom is -0.461 e. The molecule has 5 aromatic rings. The Morgan fingerprint density at radius 1 is 0.886 bits per heavy atom. The van der Waals surface area contributed by atoms with E-state index in [9.17, 15) is 18.8 Å². The molecule has 3 amide bonds. The number of terminal acetylenes is 1. The molecular formula is C60H69F3N10O6. The second kappa shape index (κ2) is 23.0. The minimum absolute atomic E-state index is 0.00280. The monoisotopic (exact) mass is 1080 g/mol. The van der Waals surface area contributed by atoms with E-state index in [4.69, 9.17) is 41.0 Å². The van der Waals surface area contributed by atoms with Crippen molar-refractivity contribution < 1.29 is 41.8 Å². The number of amides is 3. The van der Waals surface area contributed by atoms with Crippen molar-refractivity contribution in [1.82, 2.24) is 30.1 Å². The largest absolute Gasteiger partial charge is 0.461 e. The van der Waals surface area contributed by atoms with Crippen LogP contribution in [0.15, 0.2) is 42.5 Å². The van der Waals surface area contributed by atoms with Gasteiger partial charge in [-0.05, 0) is 132 Å². The van der Waals surface area contributed by atoms with Crippen LogP contribution in [0.2, 0.25) is 0 Å². The number of likely N-dealkylation sites (tertiary alicyclic amines) is 1. The maximum Gasteiger partial charge on any atom is 0.409 e. The quantitative estimate of drug-likeness (QED) is 0.0686. The third kappa shape index (κ3) is 10.5. The predicted molar refractivity (Wildman–Crippen MR) is 296 cm³/mol. The van der Waals surface area contributed by atoms with E-state index in [1.54, 1.807) is 36.2 Å². The van der Waals surface area contributed by atoms with Gasteiger partial charge in [-0.1, -0.05) is 30.2 Å². The minimum atomic E-state index is -0.768. The number of aromatic nitrogens is 3. The maximum absolute atomic E-state index is 16.9. The van der Waals surface area contributed by atoms with Gasteiger partial charge >= 0.3 is 12.1 Å². The van der Waals surface area contributed by atoms with Crippen molar-refractivity contribution in [3.05, 3.63) is 76.7 Å². The number of piperidine rings is 3. The van der Waals surface area contributed by atoms with Gasteiger partial charge in [0, 0.05) is 69.3 Å². The number of imide groups is 1. The lowest BCUT2D eigenvalue weighted by molar-refractivity contribution is -0.134. The first-order valence-electron chi connectivity index (χ1n) is 28.2. The fourth-order valence-corrected chi connectivity index (χ4v) is 13.6. The Kier molecular flexibility index (Phi) is 15.7. The molecule has 3 N–H and O–H groups in total. The molecule has 2 unspecified atom stereocenters. The van der Waals surface area contributed by atoms with Gasteiger partial charge in [0.15, 0.2) is 11.6 Å². The van der Waals surface area contributed by atoms with E-state index in [0.29, 0.717) is 82.6 Å². The number of carbonyl (C=O) groups excluding carboxylic acids is 3. The van der Waals surface area contributed by atoms with E-state index in [1.165, 1.54) is 13.2 Å². The molecule has 6 saturated heterocycles. The molecule has 79 heavy (non-hydrogen) atoms. The summed E-state index contributed by atoms with van der Waals surface area (Å²) in [6.07, 6.45) is 17.7. The highest BCUT2D eigenvalue weighted by atomic mass is 19.1. The summed E-state index contributed by atoms with van der Waals surface area (Å²) in [7, 11) is 3.03. The maximum atomic E-state index is 16.9. The molecule has 0 bridgehead atoms. The average Bonchev–Trinajstić information content (AvgIpc) is 4.16. The van der Waals surface area contributed by atoms with Crippen molar-refractivity contribution in [2.75, 3.05) is 94.9 Å². The molecule has 3 aromatic carbocycles. The number of carbonyl (C=O) groups is 3. The van der Waals surface area contributed by atoms with E-state index in [0.717, 1.165) is 116 Å². The Hall–Kier alpha value is -7.04. The number of nitrogens with one attached hydrogen (secondary N) is 3. The van der Waals surface area contributed by atoms with Crippen molar-refractivity contribution in [1.29, 1.82) is 5.41 Å². The number of hydrogen-bond donors (Lipinski definition) is 3. The van der Waals surface area contributed by atoms with Crippen LogP contribution in [0.25, 0.3) is 32.9 Å². The van der Waals surface area contributed by atoms with Crippen LogP contribution in [0.1, 0.15) is 100 Å². The molecule has 7 aliphatic rings. The molecule has 2 atom stereocenters. The molecule has 0 spiro atoms. The highest BCUT2D eigenvalue weighted by molar-refractivity contribution is 6.17. The zero-order valence-corrected chi connectivity index (χ0v) is 45.1. The predicted octanol–water partition coefficient (Wildman–Crippen LogP) is 9.03. The molecule has 16 nitrogen and oxygen atoms in total. The van der Waals surface area contributed by atoms with Crippen LogP contribution in [-0.4, -0.2) is 140 Å². The number of rotatable bonds is 10. The van der Waals surface area contributed by atoms with E-state index in [2.05, 4.69) is 31.3 Å². The van der Waals surface area contributed by atoms with Crippen molar-refractivity contribution >= 4 is 62.5 Å². The van der Waals surface area contributed by atoms with Gasteiger partial charge < -0.3 is 39.6 Å². The van der Waals surface area contributed by atoms with Crippen molar-refractivity contribution in [3.63, 3.8) is 0 Å². The van der Waals surface area contributed by atoms with Crippen LogP contribution in [0.3, 0.4) is 0 Å². The summed E-state index contributed by atoms with van der Waals surface area (Å²) in [5.41, 5.74) is 2.61. The lowest BCUT2D eigenvalue weighted by Gasteiger charge is -2.37. The molecule has 9 heterocycles. The molecule has 7 aliphatic heterocycles. The normalized spacial score (nSPS) is 21.5. The first-order valence-corrected chi connectivity index (χ1v) is 28.2. The van der Waals surface area contributed by atoms with Crippen LogP contribution in [0, 0.1) is 53.0 Å². The van der Waals surface area contributed by atoms with Crippen molar-refractivity contribution in [2.45, 2.75) is 101 Å². The number of fused-ring (bicyclic) bond motifs is 4. The van der Waals surface area contributed by atoms with Gasteiger partial charge in [-0.3, -0.25) is 19.8 Å². The van der Waals surface area contributed by atoms with Crippen LogP contribution in [-0.2, 0) is 25.5 Å². The topological polar surface area (TPSA) is 178 Å². The van der Waals surface area contributed by atoms with E-state index >= 15 is 8.78 Å². The highest BCUT2D eigenvalue weighted by Gasteiger charge is 2.45. The molecule has 416 valence electrons. The number of benzene rings is 3. The van der Waals surface area contributed by atoms with Crippen LogP contribution < -0.4 is 25.2 Å². The number of aryl methyl sites for hydroxylation is 1. The van der Waals surface area contributed by atoms with E-state index < -0.39 is 29.3 Å². The number of halogens is 3. The molecular weight excluding hydrogens is 1010 g/mol. The summed E-state index contributed by atoms with van der Waals surface area (Å²) in [6, 6.07) is 12.1. The summed E-state index contributed by atoms with van der Waals surface area (Å²) in [6.45, 7) is 7.64. The second-order valence-electron chi connectivity index (χ2n) is 22.3. The Labute approximate surface area is 458 Å². The van der Waals surface area contributed by atoms with Crippen LogP contribution >= 0.6 is 0 Å². The molecule has 12 rings (SSSR count). The Morgan fingerprint density at radius 3 is 2.37 bits per heavy atom. The molecule has 2 aromatic heterocycles. The van der Waals surface area contributed by atoms with Gasteiger partial charge in [0.2, 0.25) is 11.8 Å². The molecule has 0 radical (unpaired) electrons. The van der Waals surface area contributed by atoms with Gasteiger partial charge in [-0.15, -0.1) is 6.42 Å². The average molecular weight is 1080 g/mol. The number of anilines is 3.